The third-order valence-electron chi connectivity index (χ3n) is 3.41. The summed E-state index contributed by atoms with van der Waals surface area (Å²) in [7, 11) is 5.52. The fourth-order valence-corrected chi connectivity index (χ4v) is 3.05. The molecule has 1 saturated carbocycles. The first kappa shape index (κ1) is 10.2. The molecule has 0 N–H and O–H groups in total. The second-order valence-electron chi connectivity index (χ2n) is 4.34. The van der Waals surface area contributed by atoms with Crippen molar-refractivity contribution in [1.29, 1.82) is 0 Å². The Morgan fingerprint density at radius 2 is 2.36 bits per heavy atom. The van der Waals surface area contributed by atoms with Gasteiger partial charge in [-0.05, 0) is 0 Å². The van der Waals surface area contributed by atoms with Crippen molar-refractivity contribution in [2.75, 3.05) is 20.8 Å². The van der Waals surface area contributed by atoms with Gasteiger partial charge in [-0.1, -0.05) is 12.2 Å². The molecule has 0 radical (unpaired) electrons. The first-order chi connectivity index (χ1) is 6.64. The van der Waals surface area contributed by atoms with E-state index in [4.69, 9.17) is 14.2 Å². The van der Waals surface area contributed by atoms with Crippen LogP contribution >= 0.6 is 0 Å². The van der Waals surface area contributed by atoms with Crippen molar-refractivity contribution >= 4 is 7.85 Å². The quantitative estimate of drug-likeness (QED) is 0.468. The Bertz CT molecular complexity index is 256. The highest BCUT2D eigenvalue weighted by Gasteiger charge is 2.60. The van der Waals surface area contributed by atoms with Crippen molar-refractivity contribution in [3.8, 4) is 0 Å². The van der Waals surface area contributed by atoms with Gasteiger partial charge in [-0.2, -0.15) is 0 Å². The lowest BCUT2D eigenvalue weighted by Gasteiger charge is -2.30. The van der Waals surface area contributed by atoms with Crippen LogP contribution in [0.25, 0.3) is 0 Å². The summed E-state index contributed by atoms with van der Waals surface area (Å²) in [5.41, 5.74) is 0.970. The molecule has 14 heavy (non-hydrogen) atoms. The van der Waals surface area contributed by atoms with E-state index in [9.17, 15) is 0 Å². The van der Waals surface area contributed by atoms with Crippen molar-refractivity contribution in [3.63, 3.8) is 0 Å². The van der Waals surface area contributed by atoms with Gasteiger partial charge in [0.2, 0.25) is 0 Å². The van der Waals surface area contributed by atoms with E-state index in [1.54, 1.807) is 14.2 Å². The minimum Gasteiger partial charge on any atom is -0.382 e. The van der Waals surface area contributed by atoms with E-state index in [2.05, 4.69) is 14.4 Å². The molecule has 1 saturated heterocycles. The van der Waals surface area contributed by atoms with Crippen molar-refractivity contribution < 1.29 is 14.2 Å². The molecule has 0 aromatic heterocycles. The van der Waals surface area contributed by atoms with Gasteiger partial charge >= 0.3 is 0 Å². The lowest BCUT2D eigenvalue weighted by molar-refractivity contribution is -0.110. The largest absolute Gasteiger partial charge is 0.382 e. The summed E-state index contributed by atoms with van der Waals surface area (Å²) in [6, 6.07) is 0.205. The Morgan fingerprint density at radius 3 is 2.86 bits per heavy atom. The average Bonchev–Trinajstić information content (AvgIpc) is 2.51. The minimum absolute atomic E-state index is 0.116. The fourth-order valence-electron chi connectivity index (χ4n) is 3.05. The first-order valence-corrected chi connectivity index (χ1v) is 5.02. The van der Waals surface area contributed by atoms with E-state index in [0.29, 0.717) is 12.5 Å². The van der Waals surface area contributed by atoms with Crippen LogP contribution in [-0.2, 0) is 14.2 Å². The van der Waals surface area contributed by atoms with Gasteiger partial charge in [0.25, 0.3) is 0 Å². The van der Waals surface area contributed by atoms with E-state index in [0.717, 1.165) is 6.42 Å². The molecule has 2 fully saturated rings. The molecule has 1 aliphatic heterocycles. The zero-order chi connectivity index (χ0) is 10.3. The van der Waals surface area contributed by atoms with E-state index in [-0.39, 0.29) is 17.7 Å². The third kappa shape index (κ3) is 1.18. The van der Waals surface area contributed by atoms with Gasteiger partial charge in [-0.25, -0.2) is 0 Å². The van der Waals surface area contributed by atoms with E-state index >= 15 is 0 Å². The summed E-state index contributed by atoms with van der Waals surface area (Å²) in [5, 5.41) is 0. The molecule has 1 heterocycles. The summed E-state index contributed by atoms with van der Waals surface area (Å²) in [6.45, 7) is 4.69. The van der Waals surface area contributed by atoms with Crippen LogP contribution in [0.15, 0.2) is 12.2 Å². The van der Waals surface area contributed by atoms with Gasteiger partial charge in [-0.15, -0.1) is 0 Å². The molecule has 2 bridgehead atoms. The van der Waals surface area contributed by atoms with Crippen molar-refractivity contribution in [3.05, 3.63) is 12.2 Å². The molecule has 3 unspecified atom stereocenters. The predicted molar refractivity (Wildman–Crippen MR) is 56.1 cm³/mol. The standard InChI is InChI=1S/C10H17BO3/c1-6-4-10(5-12-2)8(13-3)7(6)9(11)14-10/h7-9H,1,4-5,11H2,2-3H3/t7?,8?,9?,10-/m0/s1. The van der Waals surface area contributed by atoms with Crippen LogP contribution in [0.5, 0.6) is 0 Å². The van der Waals surface area contributed by atoms with E-state index in [1.807, 2.05) is 0 Å². The monoisotopic (exact) mass is 196 g/mol. The molecule has 0 aromatic rings. The molecule has 4 heteroatoms. The Labute approximate surface area is 85.8 Å². The van der Waals surface area contributed by atoms with Crippen molar-refractivity contribution in [2.45, 2.75) is 24.1 Å². The van der Waals surface area contributed by atoms with Crippen LogP contribution < -0.4 is 0 Å². The number of methoxy groups -OCH3 is 2. The normalized spacial score (nSPS) is 46.1. The average molecular weight is 196 g/mol. The second-order valence-corrected chi connectivity index (χ2v) is 4.34. The van der Waals surface area contributed by atoms with Gasteiger partial charge in [0.1, 0.15) is 13.4 Å². The van der Waals surface area contributed by atoms with Gasteiger partial charge in [0.05, 0.1) is 12.7 Å². The first-order valence-electron chi connectivity index (χ1n) is 5.02. The lowest BCUT2D eigenvalue weighted by Crippen LogP contribution is -2.42. The number of fused-ring (bicyclic) bond motifs is 2. The molecule has 78 valence electrons. The Morgan fingerprint density at radius 1 is 1.64 bits per heavy atom. The summed E-state index contributed by atoms with van der Waals surface area (Å²) in [5.74, 6) is 0.343. The Kier molecular flexibility index (Phi) is 2.45. The maximum atomic E-state index is 5.95. The van der Waals surface area contributed by atoms with Gasteiger partial charge in [0.15, 0.2) is 0 Å². The topological polar surface area (TPSA) is 27.7 Å². The summed E-state index contributed by atoms with van der Waals surface area (Å²) in [6.07, 6.45) is 0.985. The van der Waals surface area contributed by atoms with Crippen LogP contribution in [0.3, 0.4) is 0 Å². The highest BCUT2D eigenvalue weighted by molar-refractivity contribution is 6.11. The third-order valence-corrected chi connectivity index (χ3v) is 3.41. The van der Waals surface area contributed by atoms with E-state index < -0.39 is 0 Å². The van der Waals surface area contributed by atoms with Crippen LogP contribution in [0.1, 0.15) is 6.42 Å². The Balaban J connectivity index is 2.27. The predicted octanol–water partition coefficient (Wildman–Crippen LogP) is -0.0479. The number of rotatable bonds is 3. The Hall–Kier alpha value is -0.315. The highest BCUT2D eigenvalue weighted by Crippen LogP contribution is 2.51. The number of hydrogen-bond donors (Lipinski definition) is 0. The maximum Gasteiger partial charge on any atom is 0.140 e. The minimum atomic E-state index is -0.273. The van der Waals surface area contributed by atoms with Crippen molar-refractivity contribution in [1.82, 2.24) is 0 Å². The number of ether oxygens (including phenoxy) is 3. The van der Waals surface area contributed by atoms with Gasteiger partial charge < -0.3 is 14.2 Å². The van der Waals surface area contributed by atoms with Crippen LogP contribution in [-0.4, -0.2) is 46.4 Å². The molecule has 0 aromatic carbocycles. The smallest absolute Gasteiger partial charge is 0.140 e. The molecule has 2 rings (SSSR count). The van der Waals surface area contributed by atoms with Gasteiger partial charge in [-0.3, -0.25) is 0 Å². The second kappa shape index (κ2) is 3.37. The van der Waals surface area contributed by atoms with Gasteiger partial charge in [0, 0.05) is 32.6 Å². The maximum absolute atomic E-state index is 5.95. The summed E-state index contributed by atoms with van der Waals surface area (Å²) in [4.78, 5) is 0. The van der Waals surface area contributed by atoms with Crippen LogP contribution in [0.2, 0.25) is 0 Å². The zero-order valence-corrected chi connectivity index (χ0v) is 9.08. The molecule has 0 spiro atoms. The molecule has 0 amide bonds. The van der Waals surface area contributed by atoms with Crippen LogP contribution in [0.4, 0.5) is 0 Å². The highest BCUT2D eigenvalue weighted by atomic mass is 16.6. The lowest BCUT2D eigenvalue weighted by atomic mass is 9.83. The summed E-state index contributed by atoms with van der Waals surface area (Å²) >= 11 is 0. The summed E-state index contributed by atoms with van der Waals surface area (Å²) < 4.78 is 16.7. The van der Waals surface area contributed by atoms with E-state index in [1.165, 1.54) is 5.57 Å². The molecule has 4 atom stereocenters. The fraction of sp³-hybridized carbons (Fsp3) is 0.800. The molecule has 2 aliphatic rings. The van der Waals surface area contributed by atoms with Crippen molar-refractivity contribution in [2.24, 2.45) is 5.92 Å². The zero-order valence-electron chi connectivity index (χ0n) is 9.08. The molecule has 1 aliphatic carbocycles. The van der Waals surface area contributed by atoms with Crippen LogP contribution in [0, 0.1) is 5.92 Å². The molecular formula is C10H17BO3. The SMILES string of the molecule is BC1O[C@]2(COC)CC(=C)C1C2OC. The molecular weight excluding hydrogens is 179 g/mol. The molecule has 3 nitrogen and oxygen atoms in total. The number of hydrogen-bond acceptors (Lipinski definition) is 3.